The van der Waals surface area contributed by atoms with Gasteiger partial charge >= 0.3 is 5.69 Å². The van der Waals surface area contributed by atoms with E-state index in [4.69, 9.17) is 10.5 Å². The van der Waals surface area contributed by atoms with E-state index < -0.39 is 11.2 Å². The Hall–Kier alpha value is -2.50. The summed E-state index contributed by atoms with van der Waals surface area (Å²) in [7, 11) is 1.61. The highest BCUT2D eigenvalue weighted by Gasteiger charge is 2.02. The fourth-order valence-corrected chi connectivity index (χ4v) is 1.73. The van der Waals surface area contributed by atoms with Crippen molar-refractivity contribution in [2.24, 2.45) is 0 Å². The lowest BCUT2D eigenvalue weighted by molar-refractivity contribution is 0.414. The van der Waals surface area contributed by atoms with E-state index in [9.17, 15) is 9.59 Å². The van der Waals surface area contributed by atoms with Crippen molar-refractivity contribution in [2.75, 3.05) is 12.8 Å². The van der Waals surface area contributed by atoms with Gasteiger partial charge in [0.1, 0.15) is 11.4 Å². The molecule has 0 aliphatic rings. The lowest BCUT2D eigenvalue weighted by Gasteiger charge is -2.06. The molecular weight excluding hydrogens is 246 g/mol. The van der Waals surface area contributed by atoms with Crippen LogP contribution in [0, 0.1) is 0 Å². The van der Waals surface area contributed by atoms with Crippen LogP contribution in [0.5, 0.6) is 5.75 Å². The molecule has 0 saturated heterocycles. The Bertz CT molecular complexity index is 671. The van der Waals surface area contributed by atoms with Crippen LogP contribution in [0.3, 0.4) is 0 Å². The molecule has 0 radical (unpaired) electrons. The Morgan fingerprint density at radius 3 is 2.58 bits per heavy atom. The van der Waals surface area contributed by atoms with Crippen molar-refractivity contribution in [3.8, 4) is 5.75 Å². The highest BCUT2D eigenvalue weighted by Crippen LogP contribution is 2.11. The van der Waals surface area contributed by atoms with Gasteiger partial charge in [-0.3, -0.25) is 14.3 Å². The Kier molecular flexibility index (Phi) is 3.70. The van der Waals surface area contributed by atoms with Crippen molar-refractivity contribution in [2.45, 2.75) is 13.0 Å². The Balaban J connectivity index is 2.12. The molecule has 2 rings (SSSR count). The number of nitrogens with one attached hydrogen (secondary N) is 1. The number of rotatable bonds is 4. The zero-order chi connectivity index (χ0) is 13.8. The molecule has 0 spiro atoms. The van der Waals surface area contributed by atoms with Gasteiger partial charge in [0, 0.05) is 12.7 Å². The van der Waals surface area contributed by atoms with Crippen LogP contribution in [0.15, 0.2) is 40.1 Å². The molecule has 0 fully saturated rings. The van der Waals surface area contributed by atoms with Crippen molar-refractivity contribution in [1.29, 1.82) is 0 Å². The van der Waals surface area contributed by atoms with Gasteiger partial charge in [0.05, 0.1) is 7.11 Å². The molecule has 2 aromatic rings. The van der Waals surface area contributed by atoms with E-state index in [1.807, 2.05) is 24.3 Å². The first-order chi connectivity index (χ1) is 9.10. The van der Waals surface area contributed by atoms with Crippen LogP contribution < -0.4 is 21.7 Å². The topological polar surface area (TPSA) is 90.1 Å². The average Bonchev–Trinajstić information content (AvgIpc) is 2.42. The van der Waals surface area contributed by atoms with Crippen LogP contribution in [-0.4, -0.2) is 16.7 Å². The summed E-state index contributed by atoms with van der Waals surface area (Å²) < 4.78 is 6.46. The van der Waals surface area contributed by atoms with E-state index in [0.29, 0.717) is 13.0 Å². The maximum absolute atomic E-state index is 11.5. The van der Waals surface area contributed by atoms with Gasteiger partial charge in [-0.1, -0.05) is 12.1 Å². The van der Waals surface area contributed by atoms with Gasteiger partial charge in [0.25, 0.3) is 5.56 Å². The van der Waals surface area contributed by atoms with Gasteiger partial charge in [-0.15, -0.1) is 0 Å². The molecule has 1 heterocycles. The number of aryl methyl sites for hydroxylation is 2. The summed E-state index contributed by atoms with van der Waals surface area (Å²) in [5.41, 5.74) is 5.58. The molecule has 3 N–H and O–H groups in total. The minimum Gasteiger partial charge on any atom is -0.497 e. The molecule has 0 atom stereocenters. The molecule has 6 nitrogen and oxygen atoms in total. The molecule has 0 bridgehead atoms. The molecule has 6 heteroatoms. The number of nitrogens with two attached hydrogens (primary N) is 1. The second-order valence-corrected chi connectivity index (χ2v) is 4.14. The standard InChI is InChI=1S/C13H15N3O3/c1-19-10-4-2-9(3-5-10)6-7-16-8-11(14)12(17)15-13(16)18/h2-5,8H,6-7,14H2,1H3,(H,15,17,18). The Morgan fingerprint density at radius 1 is 1.26 bits per heavy atom. The molecule has 19 heavy (non-hydrogen) atoms. The van der Waals surface area contributed by atoms with Crippen LogP contribution in [0.4, 0.5) is 5.69 Å². The summed E-state index contributed by atoms with van der Waals surface area (Å²) in [6.07, 6.45) is 2.03. The SMILES string of the molecule is COc1ccc(CCn2cc(N)c(=O)[nH]c2=O)cc1. The summed E-state index contributed by atoms with van der Waals surface area (Å²) in [6, 6.07) is 7.58. The molecule has 0 aliphatic carbocycles. The smallest absolute Gasteiger partial charge is 0.328 e. The number of methoxy groups -OCH3 is 1. The van der Waals surface area contributed by atoms with Crippen LogP contribution in [0.1, 0.15) is 5.56 Å². The first kappa shape index (κ1) is 12.9. The van der Waals surface area contributed by atoms with Crippen molar-refractivity contribution < 1.29 is 4.74 Å². The van der Waals surface area contributed by atoms with Crippen molar-refractivity contribution >= 4 is 5.69 Å². The first-order valence-corrected chi connectivity index (χ1v) is 5.82. The maximum Gasteiger partial charge on any atom is 0.328 e. The number of anilines is 1. The monoisotopic (exact) mass is 261 g/mol. The first-order valence-electron chi connectivity index (χ1n) is 5.82. The summed E-state index contributed by atoms with van der Waals surface area (Å²) in [4.78, 5) is 24.8. The minimum absolute atomic E-state index is 0.0364. The number of nitrogens with zero attached hydrogens (tertiary/aromatic N) is 1. The number of aromatic nitrogens is 2. The zero-order valence-corrected chi connectivity index (χ0v) is 10.6. The predicted molar refractivity (Wildman–Crippen MR) is 72.4 cm³/mol. The zero-order valence-electron chi connectivity index (χ0n) is 10.6. The second kappa shape index (κ2) is 5.43. The van der Waals surface area contributed by atoms with E-state index in [-0.39, 0.29) is 5.69 Å². The molecule has 0 saturated carbocycles. The van der Waals surface area contributed by atoms with Crippen LogP contribution in [-0.2, 0) is 13.0 Å². The number of aromatic amines is 1. The van der Waals surface area contributed by atoms with Gasteiger partial charge in [-0.05, 0) is 24.1 Å². The number of benzene rings is 1. The molecule has 0 amide bonds. The highest BCUT2D eigenvalue weighted by atomic mass is 16.5. The average molecular weight is 261 g/mol. The summed E-state index contributed by atoms with van der Waals surface area (Å²) in [5.74, 6) is 0.786. The van der Waals surface area contributed by atoms with Gasteiger partial charge < -0.3 is 10.5 Å². The number of nitrogen functional groups attached to an aromatic ring is 1. The van der Waals surface area contributed by atoms with Gasteiger partial charge in [-0.2, -0.15) is 0 Å². The number of H-pyrrole nitrogens is 1. The molecule has 100 valence electrons. The van der Waals surface area contributed by atoms with E-state index >= 15 is 0 Å². The molecule has 1 aromatic carbocycles. The number of hydrogen-bond donors (Lipinski definition) is 2. The molecule has 0 unspecified atom stereocenters. The van der Waals surface area contributed by atoms with E-state index in [1.165, 1.54) is 10.8 Å². The van der Waals surface area contributed by atoms with Crippen molar-refractivity contribution in [3.63, 3.8) is 0 Å². The van der Waals surface area contributed by atoms with Crippen LogP contribution >= 0.6 is 0 Å². The van der Waals surface area contributed by atoms with E-state index in [2.05, 4.69) is 4.98 Å². The quantitative estimate of drug-likeness (QED) is 0.832. The fourth-order valence-electron chi connectivity index (χ4n) is 1.73. The van der Waals surface area contributed by atoms with Crippen molar-refractivity contribution in [1.82, 2.24) is 9.55 Å². The normalized spacial score (nSPS) is 10.4. The third kappa shape index (κ3) is 3.04. The van der Waals surface area contributed by atoms with Crippen LogP contribution in [0.25, 0.3) is 0 Å². The molecule has 1 aromatic heterocycles. The Morgan fingerprint density at radius 2 is 1.95 bits per heavy atom. The second-order valence-electron chi connectivity index (χ2n) is 4.14. The largest absolute Gasteiger partial charge is 0.497 e. The molecular formula is C13H15N3O3. The van der Waals surface area contributed by atoms with Crippen LogP contribution in [0.2, 0.25) is 0 Å². The van der Waals surface area contributed by atoms with Gasteiger partial charge in [0.2, 0.25) is 0 Å². The lowest BCUT2D eigenvalue weighted by Crippen LogP contribution is -2.31. The van der Waals surface area contributed by atoms with E-state index in [1.54, 1.807) is 7.11 Å². The van der Waals surface area contributed by atoms with Gasteiger partial charge in [0.15, 0.2) is 0 Å². The number of hydrogen-bond acceptors (Lipinski definition) is 4. The summed E-state index contributed by atoms with van der Waals surface area (Å²) in [6.45, 7) is 0.451. The van der Waals surface area contributed by atoms with E-state index in [0.717, 1.165) is 11.3 Å². The predicted octanol–water partition coefficient (Wildman–Crippen LogP) is 0.370. The Labute approximate surface area is 109 Å². The third-order valence-electron chi connectivity index (χ3n) is 2.84. The maximum atomic E-state index is 11.5. The van der Waals surface area contributed by atoms with Gasteiger partial charge in [-0.25, -0.2) is 4.79 Å². The van der Waals surface area contributed by atoms with Crippen molar-refractivity contribution in [3.05, 3.63) is 56.9 Å². The summed E-state index contributed by atoms with van der Waals surface area (Å²) in [5, 5.41) is 0. The highest BCUT2D eigenvalue weighted by molar-refractivity contribution is 5.30. The third-order valence-corrected chi connectivity index (χ3v) is 2.84. The summed E-state index contributed by atoms with van der Waals surface area (Å²) >= 11 is 0. The number of ether oxygens (including phenoxy) is 1. The fraction of sp³-hybridized carbons (Fsp3) is 0.231. The lowest BCUT2D eigenvalue weighted by atomic mass is 10.1. The molecule has 0 aliphatic heterocycles. The minimum atomic E-state index is -0.550.